The zero-order valence-electron chi connectivity index (χ0n) is 11.0. The van der Waals surface area contributed by atoms with Crippen molar-refractivity contribution in [2.45, 2.75) is 26.7 Å². The van der Waals surface area contributed by atoms with Crippen molar-refractivity contribution in [3.05, 3.63) is 40.9 Å². The first-order valence-electron chi connectivity index (χ1n) is 6.40. The van der Waals surface area contributed by atoms with Crippen molar-refractivity contribution < 1.29 is 4.79 Å². The first-order valence-corrected chi connectivity index (χ1v) is 6.78. The average molecular weight is 266 g/mol. The molecule has 1 rings (SSSR count). The third-order valence-electron chi connectivity index (χ3n) is 2.61. The first kappa shape index (κ1) is 14.8. The maximum absolute atomic E-state index is 12.0. The maximum Gasteiger partial charge on any atom is 0.246 e. The van der Waals surface area contributed by atoms with Crippen LogP contribution in [0.4, 0.5) is 0 Å². The van der Waals surface area contributed by atoms with Gasteiger partial charge in [0.25, 0.3) is 0 Å². The molecule has 0 radical (unpaired) electrons. The number of carbonyl (C=O) groups is 1. The van der Waals surface area contributed by atoms with Crippen molar-refractivity contribution in [2.75, 3.05) is 13.1 Å². The van der Waals surface area contributed by atoms with E-state index in [4.69, 9.17) is 11.6 Å². The molecule has 1 aromatic carbocycles. The quantitative estimate of drug-likeness (QED) is 0.712. The minimum Gasteiger partial charge on any atom is -0.339 e. The van der Waals surface area contributed by atoms with Crippen LogP contribution in [0.25, 0.3) is 6.08 Å². The van der Waals surface area contributed by atoms with Crippen LogP contribution in [0.3, 0.4) is 0 Å². The number of hydrogen-bond acceptors (Lipinski definition) is 1. The molecule has 0 saturated carbocycles. The topological polar surface area (TPSA) is 20.3 Å². The summed E-state index contributed by atoms with van der Waals surface area (Å²) < 4.78 is 0. The van der Waals surface area contributed by atoms with Crippen molar-refractivity contribution in [3.63, 3.8) is 0 Å². The number of hydrogen-bond donors (Lipinski definition) is 0. The predicted octanol–water partition coefficient (Wildman–Crippen LogP) is 4.00. The molecule has 0 aliphatic heterocycles. The lowest BCUT2D eigenvalue weighted by molar-refractivity contribution is -0.126. The van der Waals surface area contributed by atoms with Crippen LogP contribution in [0, 0.1) is 0 Å². The molecule has 1 amide bonds. The molecular formula is C15H20ClNO. The van der Waals surface area contributed by atoms with E-state index in [0.717, 1.165) is 31.5 Å². The fourth-order valence-electron chi connectivity index (χ4n) is 1.75. The third-order valence-corrected chi connectivity index (χ3v) is 2.95. The van der Waals surface area contributed by atoms with E-state index in [1.165, 1.54) is 0 Å². The molecule has 0 bridgehead atoms. The van der Waals surface area contributed by atoms with Crippen molar-refractivity contribution in [3.8, 4) is 0 Å². The third kappa shape index (κ3) is 4.53. The Labute approximate surface area is 114 Å². The zero-order valence-corrected chi connectivity index (χ0v) is 11.8. The van der Waals surface area contributed by atoms with Crippen molar-refractivity contribution in [1.82, 2.24) is 4.90 Å². The Morgan fingerprint density at radius 3 is 2.39 bits per heavy atom. The first-order chi connectivity index (χ1) is 8.69. The number of rotatable bonds is 6. The molecule has 0 unspecified atom stereocenters. The summed E-state index contributed by atoms with van der Waals surface area (Å²) in [5.74, 6) is 0.0543. The van der Waals surface area contributed by atoms with Gasteiger partial charge in [0.2, 0.25) is 5.91 Å². The van der Waals surface area contributed by atoms with E-state index in [1.54, 1.807) is 12.2 Å². The SMILES string of the molecule is CCCN(CCC)C(=O)C=Cc1ccccc1Cl. The summed E-state index contributed by atoms with van der Waals surface area (Å²) in [7, 11) is 0. The van der Waals surface area contributed by atoms with Crippen LogP contribution >= 0.6 is 11.6 Å². The lowest BCUT2D eigenvalue weighted by atomic mass is 10.2. The minimum atomic E-state index is 0.0543. The minimum absolute atomic E-state index is 0.0543. The molecule has 1 aromatic rings. The normalized spacial score (nSPS) is 10.8. The van der Waals surface area contributed by atoms with Gasteiger partial charge in [0, 0.05) is 24.2 Å². The van der Waals surface area contributed by atoms with Gasteiger partial charge in [0.15, 0.2) is 0 Å². The number of halogens is 1. The average Bonchev–Trinajstić information content (AvgIpc) is 2.37. The Bertz CT molecular complexity index is 409. The van der Waals surface area contributed by atoms with Gasteiger partial charge in [-0.3, -0.25) is 4.79 Å². The Kier molecular flexibility index (Phi) is 6.51. The van der Waals surface area contributed by atoms with Gasteiger partial charge < -0.3 is 4.90 Å². The Morgan fingerprint density at radius 1 is 1.22 bits per heavy atom. The Hall–Kier alpha value is -1.28. The van der Waals surface area contributed by atoms with Crippen LogP contribution < -0.4 is 0 Å². The van der Waals surface area contributed by atoms with E-state index >= 15 is 0 Å². The number of benzene rings is 1. The summed E-state index contributed by atoms with van der Waals surface area (Å²) in [6.45, 7) is 5.76. The fourth-order valence-corrected chi connectivity index (χ4v) is 1.95. The highest BCUT2D eigenvalue weighted by molar-refractivity contribution is 6.32. The monoisotopic (exact) mass is 265 g/mol. The Balaban J connectivity index is 2.70. The van der Waals surface area contributed by atoms with E-state index < -0.39 is 0 Å². The second-order valence-electron chi connectivity index (χ2n) is 4.18. The van der Waals surface area contributed by atoms with Gasteiger partial charge in [-0.05, 0) is 30.5 Å². The number of nitrogens with zero attached hydrogens (tertiary/aromatic N) is 1. The smallest absolute Gasteiger partial charge is 0.246 e. The molecule has 0 saturated heterocycles. The van der Waals surface area contributed by atoms with Gasteiger partial charge in [0.1, 0.15) is 0 Å². The van der Waals surface area contributed by atoms with E-state index in [0.29, 0.717) is 5.02 Å². The highest BCUT2D eigenvalue weighted by Crippen LogP contribution is 2.16. The molecule has 0 aliphatic carbocycles. The van der Waals surface area contributed by atoms with Crippen molar-refractivity contribution in [1.29, 1.82) is 0 Å². The number of amides is 1. The van der Waals surface area contributed by atoms with Gasteiger partial charge in [0.05, 0.1) is 0 Å². The summed E-state index contributed by atoms with van der Waals surface area (Å²) >= 11 is 6.03. The number of carbonyl (C=O) groups excluding carboxylic acids is 1. The van der Waals surface area contributed by atoms with Gasteiger partial charge in [-0.2, -0.15) is 0 Å². The van der Waals surface area contributed by atoms with Gasteiger partial charge in [-0.25, -0.2) is 0 Å². The maximum atomic E-state index is 12.0. The van der Waals surface area contributed by atoms with Crippen LogP contribution in [-0.4, -0.2) is 23.9 Å². The molecule has 98 valence electrons. The van der Waals surface area contributed by atoms with Gasteiger partial charge in [-0.1, -0.05) is 43.6 Å². The Morgan fingerprint density at radius 2 is 1.83 bits per heavy atom. The molecule has 0 atom stereocenters. The van der Waals surface area contributed by atoms with Crippen LogP contribution in [-0.2, 0) is 4.79 Å². The molecule has 0 aliphatic rings. The summed E-state index contributed by atoms with van der Waals surface area (Å²) in [5.41, 5.74) is 0.875. The van der Waals surface area contributed by atoms with E-state index in [2.05, 4.69) is 13.8 Å². The van der Waals surface area contributed by atoms with E-state index in [1.807, 2.05) is 29.2 Å². The molecule has 0 heterocycles. The molecule has 0 spiro atoms. The lowest BCUT2D eigenvalue weighted by Gasteiger charge is -2.19. The van der Waals surface area contributed by atoms with Crippen LogP contribution in [0.15, 0.2) is 30.3 Å². The highest BCUT2D eigenvalue weighted by Gasteiger charge is 2.07. The van der Waals surface area contributed by atoms with Crippen molar-refractivity contribution >= 4 is 23.6 Å². The second-order valence-corrected chi connectivity index (χ2v) is 4.59. The summed E-state index contributed by atoms with van der Waals surface area (Å²) in [6.07, 6.45) is 5.34. The van der Waals surface area contributed by atoms with Gasteiger partial charge in [-0.15, -0.1) is 0 Å². The molecule has 0 N–H and O–H groups in total. The fraction of sp³-hybridized carbons (Fsp3) is 0.400. The molecule has 0 fully saturated rings. The van der Waals surface area contributed by atoms with Crippen LogP contribution in [0.1, 0.15) is 32.3 Å². The molecule has 2 nitrogen and oxygen atoms in total. The van der Waals surface area contributed by atoms with Crippen LogP contribution in [0.5, 0.6) is 0 Å². The summed E-state index contributed by atoms with van der Waals surface area (Å²) in [4.78, 5) is 13.9. The molecule has 0 aromatic heterocycles. The van der Waals surface area contributed by atoms with Gasteiger partial charge >= 0.3 is 0 Å². The highest BCUT2D eigenvalue weighted by atomic mass is 35.5. The summed E-state index contributed by atoms with van der Waals surface area (Å²) in [6, 6.07) is 7.51. The van der Waals surface area contributed by atoms with E-state index in [-0.39, 0.29) is 5.91 Å². The largest absolute Gasteiger partial charge is 0.339 e. The van der Waals surface area contributed by atoms with Crippen molar-refractivity contribution in [2.24, 2.45) is 0 Å². The molecule has 18 heavy (non-hydrogen) atoms. The zero-order chi connectivity index (χ0) is 13.4. The predicted molar refractivity (Wildman–Crippen MR) is 77.6 cm³/mol. The second kappa shape index (κ2) is 7.93. The molecular weight excluding hydrogens is 246 g/mol. The molecule has 3 heteroatoms. The standard InChI is InChI=1S/C15H20ClNO/c1-3-11-17(12-4-2)15(18)10-9-13-7-5-6-8-14(13)16/h5-10H,3-4,11-12H2,1-2H3. The van der Waals surface area contributed by atoms with E-state index in [9.17, 15) is 4.79 Å². The lowest BCUT2D eigenvalue weighted by Crippen LogP contribution is -2.30. The van der Waals surface area contributed by atoms with Crippen LogP contribution in [0.2, 0.25) is 5.02 Å². The summed E-state index contributed by atoms with van der Waals surface area (Å²) in [5, 5.41) is 0.666.